The van der Waals surface area contributed by atoms with Crippen molar-refractivity contribution >= 4 is 11.8 Å². The summed E-state index contributed by atoms with van der Waals surface area (Å²) >= 11 is 0. The summed E-state index contributed by atoms with van der Waals surface area (Å²) in [5, 5.41) is 2.92. The molecule has 1 aliphatic carbocycles. The lowest BCUT2D eigenvalue weighted by atomic mass is 9.95. The van der Waals surface area contributed by atoms with Gasteiger partial charge in [0.1, 0.15) is 6.61 Å². The van der Waals surface area contributed by atoms with Gasteiger partial charge in [-0.15, -0.1) is 0 Å². The van der Waals surface area contributed by atoms with Gasteiger partial charge in [-0.25, -0.2) is 0 Å². The Morgan fingerprint density at radius 2 is 1.93 bits per heavy atom. The minimum atomic E-state index is -0.143. The largest absolute Gasteiger partial charge is 0.365 e. The minimum Gasteiger partial charge on any atom is -0.365 e. The van der Waals surface area contributed by atoms with E-state index < -0.39 is 0 Å². The number of aromatic nitrogens is 1. The summed E-state index contributed by atoms with van der Waals surface area (Å²) in [6.07, 6.45) is 6.95. The smallest absolute Gasteiger partial charge is 0.248 e. The van der Waals surface area contributed by atoms with Crippen molar-refractivity contribution in [1.29, 1.82) is 0 Å². The minimum absolute atomic E-state index is 0.0706. The lowest BCUT2D eigenvalue weighted by Crippen LogP contribution is -2.52. The molecule has 3 heterocycles. The molecule has 158 valence electrons. The third kappa shape index (κ3) is 6.24. The quantitative estimate of drug-likeness (QED) is 0.707. The van der Waals surface area contributed by atoms with Gasteiger partial charge in [0.25, 0.3) is 0 Å². The molecular formula is C22H32N4O3. The molecule has 0 spiro atoms. The number of amides is 2. The number of piperidine rings is 1. The van der Waals surface area contributed by atoms with Crippen molar-refractivity contribution in [2.45, 2.75) is 38.2 Å². The Morgan fingerprint density at radius 1 is 1.14 bits per heavy atom. The molecule has 29 heavy (non-hydrogen) atoms. The number of ether oxygens (including phenoxy) is 1. The summed E-state index contributed by atoms with van der Waals surface area (Å²) in [7, 11) is 0. The van der Waals surface area contributed by atoms with Crippen LogP contribution in [0.4, 0.5) is 0 Å². The molecule has 0 bridgehead atoms. The van der Waals surface area contributed by atoms with Crippen molar-refractivity contribution in [3.05, 3.63) is 30.1 Å². The Bertz CT molecular complexity index is 687. The van der Waals surface area contributed by atoms with Gasteiger partial charge < -0.3 is 19.9 Å². The average molecular weight is 401 g/mol. The van der Waals surface area contributed by atoms with Crippen LogP contribution in [0.2, 0.25) is 0 Å². The van der Waals surface area contributed by atoms with Crippen LogP contribution in [0.25, 0.3) is 0 Å². The van der Waals surface area contributed by atoms with Gasteiger partial charge in [-0.05, 0) is 62.7 Å². The van der Waals surface area contributed by atoms with Crippen LogP contribution in [0, 0.1) is 11.8 Å². The zero-order chi connectivity index (χ0) is 20.1. The molecule has 1 aromatic rings. The third-order valence-electron chi connectivity index (χ3n) is 6.21. The fourth-order valence-electron chi connectivity index (χ4n) is 4.27. The van der Waals surface area contributed by atoms with E-state index in [1.54, 1.807) is 6.20 Å². The van der Waals surface area contributed by atoms with Crippen molar-refractivity contribution in [3.8, 4) is 0 Å². The molecule has 1 saturated carbocycles. The zero-order valence-electron chi connectivity index (χ0n) is 17.1. The second kappa shape index (κ2) is 9.67. The van der Waals surface area contributed by atoms with Gasteiger partial charge in [-0.2, -0.15) is 0 Å². The molecular weight excluding hydrogens is 368 g/mol. The summed E-state index contributed by atoms with van der Waals surface area (Å²) in [4.78, 5) is 33.2. The molecule has 7 heteroatoms. The van der Waals surface area contributed by atoms with Crippen LogP contribution in [0.1, 0.15) is 31.4 Å². The Kier molecular flexibility index (Phi) is 6.77. The van der Waals surface area contributed by atoms with Crippen LogP contribution in [-0.4, -0.2) is 78.6 Å². The maximum Gasteiger partial charge on any atom is 0.248 e. The number of likely N-dealkylation sites (tertiary alicyclic amines) is 1. The summed E-state index contributed by atoms with van der Waals surface area (Å²) in [5.41, 5.74) is 0.749. The van der Waals surface area contributed by atoms with E-state index >= 15 is 0 Å². The van der Waals surface area contributed by atoms with E-state index in [9.17, 15) is 9.59 Å². The zero-order valence-corrected chi connectivity index (χ0v) is 17.1. The first-order valence-electron chi connectivity index (χ1n) is 10.9. The van der Waals surface area contributed by atoms with Gasteiger partial charge in [0.2, 0.25) is 11.8 Å². The first kappa shape index (κ1) is 20.3. The normalized spacial score (nSPS) is 23.9. The molecule has 3 aliphatic rings. The fourth-order valence-corrected chi connectivity index (χ4v) is 4.27. The molecule has 3 fully saturated rings. The summed E-state index contributed by atoms with van der Waals surface area (Å²) in [6, 6.07) is 5.55. The van der Waals surface area contributed by atoms with E-state index in [0.717, 1.165) is 31.2 Å². The van der Waals surface area contributed by atoms with Gasteiger partial charge in [0.15, 0.2) is 0 Å². The Hall–Kier alpha value is -1.99. The maximum atomic E-state index is 12.3. The van der Waals surface area contributed by atoms with Crippen LogP contribution in [-0.2, 0) is 20.7 Å². The fraction of sp³-hybridized carbons (Fsp3) is 0.682. The predicted octanol–water partition coefficient (Wildman–Crippen LogP) is 1.09. The topological polar surface area (TPSA) is 74.8 Å². The molecule has 4 rings (SSSR count). The van der Waals surface area contributed by atoms with Crippen LogP contribution in [0.3, 0.4) is 0 Å². The molecule has 2 aliphatic heterocycles. The molecule has 0 aromatic carbocycles. The van der Waals surface area contributed by atoms with E-state index in [-0.39, 0.29) is 30.9 Å². The number of carbonyl (C=O) groups excluding carboxylic acids is 2. The van der Waals surface area contributed by atoms with Gasteiger partial charge >= 0.3 is 0 Å². The van der Waals surface area contributed by atoms with E-state index in [1.165, 1.54) is 32.2 Å². The van der Waals surface area contributed by atoms with Crippen LogP contribution in [0.5, 0.6) is 0 Å². The average Bonchev–Trinajstić information content (AvgIpc) is 3.55. The predicted molar refractivity (Wildman–Crippen MR) is 109 cm³/mol. The first-order valence-corrected chi connectivity index (χ1v) is 10.9. The second-order valence-corrected chi connectivity index (χ2v) is 8.72. The molecule has 1 atom stereocenters. The number of carbonyl (C=O) groups is 2. The van der Waals surface area contributed by atoms with Gasteiger partial charge in [0, 0.05) is 38.1 Å². The molecule has 1 N–H and O–H groups in total. The van der Waals surface area contributed by atoms with Crippen molar-refractivity contribution in [1.82, 2.24) is 20.1 Å². The summed E-state index contributed by atoms with van der Waals surface area (Å²) < 4.78 is 5.65. The third-order valence-corrected chi connectivity index (χ3v) is 6.21. The number of nitrogens with one attached hydrogen (secondary N) is 1. The monoisotopic (exact) mass is 400 g/mol. The SMILES string of the molecule is O=C(Cc1ccccn1)NC[C@@H]1CN(CC2CCN(CC3CC3)CC2)C(=O)CO1. The number of rotatable bonds is 8. The van der Waals surface area contributed by atoms with Crippen LogP contribution in [0.15, 0.2) is 24.4 Å². The molecule has 0 radical (unpaired) electrons. The highest BCUT2D eigenvalue weighted by molar-refractivity contribution is 5.79. The van der Waals surface area contributed by atoms with E-state index in [1.807, 2.05) is 23.1 Å². The molecule has 0 unspecified atom stereocenters. The van der Waals surface area contributed by atoms with Crippen LogP contribution >= 0.6 is 0 Å². The highest BCUT2D eigenvalue weighted by Crippen LogP contribution is 2.31. The van der Waals surface area contributed by atoms with Crippen molar-refractivity contribution in [2.24, 2.45) is 11.8 Å². The number of pyridine rings is 1. The Labute approximate surface area is 172 Å². The Balaban J connectivity index is 1.18. The maximum absolute atomic E-state index is 12.3. The number of nitrogens with zero attached hydrogens (tertiary/aromatic N) is 3. The second-order valence-electron chi connectivity index (χ2n) is 8.72. The van der Waals surface area contributed by atoms with Crippen molar-refractivity contribution in [2.75, 3.05) is 45.9 Å². The van der Waals surface area contributed by atoms with Crippen molar-refractivity contribution < 1.29 is 14.3 Å². The molecule has 2 saturated heterocycles. The standard InChI is InChI=1S/C22H32N4O3/c27-21(11-19-3-1-2-8-23-19)24-12-20-15-26(22(28)16-29-20)14-18-6-9-25(10-7-18)13-17-4-5-17/h1-3,8,17-18,20H,4-7,9-16H2,(H,24,27)/t20-/m1/s1. The Morgan fingerprint density at radius 3 is 2.66 bits per heavy atom. The summed E-state index contributed by atoms with van der Waals surface area (Å²) in [5.74, 6) is 1.52. The summed E-state index contributed by atoms with van der Waals surface area (Å²) in [6.45, 7) is 5.50. The van der Waals surface area contributed by atoms with Gasteiger partial charge in [-0.1, -0.05) is 6.07 Å². The highest BCUT2D eigenvalue weighted by atomic mass is 16.5. The van der Waals surface area contributed by atoms with Crippen LogP contribution < -0.4 is 5.32 Å². The highest BCUT2D eigenvalue weighted by Gasteiger charge is 2.31. The lowest BCUT2D eigenvalue weighted by Gasteiger charge is -2.38. The van der Waals surface area contributed by atoms with Gasteiger partial charge in [-0.3, -0.25) is 14.6 Å². The number of hydrogen-bond acceptors (Lipinski definition) is 5. The van der Waals surface area contributed by atoms with E-state index in [2.05, 4.69) is 15.2 Å². The van der Waals surface area contributed by atoms with Crippen molar-refractivity contribution in [3.63, 3.8) is 0 Å². The first-order chi connectivity index (χ1) is 14.2. The number of hydrogen-bond donors (Lipinski definition) is 1. The van der Waals surface area contributed by atoms with Gasteiger partial charge in [0.05, 0.1) is 12.5 Å². The molecule has 7 nitrogen and oxygen atoms in total. The lowest BCUT2D eigenvalue weighted by molar-refractivity contribution is -0.150. The molecule has 1 aromatic heterocycles. The molecule has 2 amide bonds. The van der Waals surface area contributed by atoms with E-state index in [4.69, 9.17) is 4.74 Å². The number of morpholine rings is 1. The van der Waals surface area contributed by atoms with E-state index in [0.29, 0.717) is 19.0 Å².